The maximum absolute atomic E-state index is 9.57. The zero-order valence-electron chi connectivity index (χ0n) is 9.86. The van der Waals surface area contributed by atoms with Gasteiger partial charge in [0.05, 0.1) is 25.2 Å². The second-order valence-corrected chi connectivity index (χ2v) is 4.74. The van der Waals surface area contributed by atoms with Crippen molar-refractivity contribution in [1.82, 2.24) is 0 Å². The minimum Gasteiger partial charge on any atom is -0.486 e. The first-order valence-corrected chi connectivity index (χ1v) is 5.84. The summed E-state index contributed by atoms with van der Waals surface area (Å²) >= 11 is 0. The number of hydrogen-bond donors (Lipinski definition) is 1. The molecule has 2 aliphatic rings. The van der Waals surface area contributed by atoms with Gasteiger partial charge in [-0.25, -0.2) is 0 Å². The van der Waals surface area contributed by atoms with Crippen molar-refractivity contribution in [2.24, 2.45) is 0 Å². The molecule has 2 aliphatic heterocycles. The van der Waals surface area contributed by atoms with Gasteiger partial charge >= 0.3 is 0 Å². The molecule has 0 aliphatic carbocycles. The van der Waals surface area contributed by atoms with E-state index in [1.807, 2.05) is 19.1 Å². The topological polar surface area (TPSA) is 47.9 Å². The van der Waals surface area contributed by atoms with Gasteiger partial charge in [-0.1, -0.05) is 0 Å². The fraction of sp³-hybridized carbons (Fsp3) is 0.538. The maximum atomic E-state index is 9.57. The number of ether oxygens (including phenoxy) is 3. The van der Waals surface area contributed by atoms with E-state index in [-0.39, 0.29) is 12.0 Å². The van der Waals surface area contributed by atoms with Crippen LogP contribution in [0, 0.1) is 6.92 Å². The molecule has 17 heavy (non-hydrogen) atoms. The van der Waals surface area contributed by atoms with Crippen LogP contribution in [0.15, 0.2) is 12.1 Å². The van der Waals surface area contributed by atoms with Gasteiger partial charge in [0, 0.05) is 0 Å². The summed E-state index contributed by atoms with van der Waals surface area (Å²) in [4.78, 5) is 0. The lowest BCUT2D eigenvalue weighted by Crippen LogP contribution is -2.50. The summed E-state index contributed by atoms with van der Waals surface area (Å²) in [6.45, 7) is 4.46. The average Bonchev–Trinajstić information content (AvgIpc) is 2.29. The number of hydrogen-bond acceptors (Lipinski definition) is 4. The van der Waals surface area contributed by atoms with Crippen LogP contribution in [0.2, 0.25) is 0 Å². The Labute approximate surface area is 100 Å². The van der Waals surface area contributed by atoms with E-state index < -0.39 is 0 Å². The highest BCUT2D eigenvalue weighted by Crippen LogP contribution is 2.40. The molecule has 0 atom stereocenters. The van der Waals surface area contributed by atoms with Crippen LogP contribution in [0.4, 0.5) is 0 Å². The van der Waals surface area contributed by atoms with Gasteiger partial charge < -0.3 is 19.3 Å². The van der Waals surface area contributed by atoms with Gasteiger partial charge in [0.1, 0.15) is 13.2 Å². The van der Waals surface area contributed by atoms with Crippen LogP contribution in [-0.2, 0) is 10.2 Å². The van der Waals surface area contributed by atoms with E-state index in [4.69, 9.17) is 14.2 Å². The number of aliphatic hydroxyl groups excluding tert-OH is 1. The van der Waals surface area contributed by atoms with E-state index >= 15 is 0 Å². The molecular weight excluding hydrogens is 220 g/mol. The van der Waals surface area contributed by atoms with Gasteiger partial charge in [0.25, 0.3) is 0 Å². The lowest BCUT2D eigenvalue weighted by Gasteiger charge is -2.41. The minimum absolute atomic E-state index is 0.105. The first kappa shape index (κ1) is 10.9. The van der Waals surface area contributed by atoms with Crippen molar-refractivity contribution in [3.63, 3.8) is 0 Å². The van der Waals surface area contributed by atoms with Gasteiger partial charge in [0.15, 0.2) is 11.5 Å². The van der Waals surface area contributed by atoms with Gasteiger partial charge in [-0.3, -0.25) is 0 Å². The fourth-order valence-corrected chi connectivity index (χ4v) is 2.44. The summed E-state index contributed by atoms with van der Waals surface area (Å²) in [5.74, 6) is 1.57. The van der Waals surface area contributed by atoms with E-state index in [9.17, 15) is 5.11 Å². The summed E-state index contributed by atoms with van der Waals surface area (Å²) in [6, 6.07) is 3.97. The lowest BCUT2D eigenvalue weighted by molar-refractivity contribution is -0.0845. The Kier molecular flexibility index (Phi) is 2.49. The summed E-state index contributed by atoms with van der Waals surface area (Å²) < 4.78 is 16.4. The Bertz CT molecular complexity index is 432. The van der Waals surface area contributed by atoms with Crippen molar-refractivity contribution in [1.29, 1.82) is 0 Å². The smallest absolute Gasteiger partial charge is 0.161 e. The average molecular weight is 236 g/mol. The molecule has 0 bridgehead atoms. The Morgan fingerprint density at radius 1 is 1.18 bits per heavy atom. The van der Waals surface area contributed by atoms with E-state index in [0.717, 1.165) is 22.6 Å². The lowest BCUT2D eigenvalue weighted by atomic mass is 9.77. The molecule has 92 valence electrons. The molecule has 1 N–H and O–H groups in total. The largest absolute Gasteiger partial charge is 0.486 e. The first-order chi connectivity index (χ1) is 8.25. The molecule has 0 aromatic heterocycles. The quantitative estimate of drug-likeness (QED) is 0.833. The number of rotatable bonds is 2. The monoisotopic (exact) mass is 236 g/mol. The highest BCUT2D eigenvalue weighted by Gasteiger charge is 2.41. The predicted molar refractivity (Wildman–Crippen MR) is 61.8 cm³/mol. The van der Waals surface area contributed by atoms with Gasteiger partial charge in [-0.05, 0) is 30.2 Å². The molecule has 2 heterocycles. The van der Waals surface area contributed by atoms with Crippen molar-refractivity contribution in [2.45, 2.75) is 12.3 Å². The van der Waals surface area contributed by atoms with E-state index in [1.54, 1.807) is 0 Å². The van der Waals surface area contributed by atoms with Crippen LogP contribution in [0.5, 0.6) is 11.5 Å². The summed E-state index contributed by atoms with van der Waals surface area (Å²) in [5.41, 5.74) is 1.97. The molecule has 1 aromatic rings. The van der Waals surface area contributed by atoms with Gasteiger partial charge in [-0.15, -0.1) is 0 Å². The number of aliphatic hydroxyl groups is 1. The number of benzene rings is 1. The molecule has 1 fully saturated rings. The Balaban J connectivity index is 2.05. The van der Waals surface area contributed by atoms with Crippen LogP contribution in [0.25, 0.3) is 0 Å². The molecule has 4 nitrogen and oxygen atoms in total. The highest BCUT2D eigenvalue weighted by molar-refractivity contribution is 5.51. The zero-order chi connectivity index (χ0) is 11.9. The standard InChI is InChI=1S/C13H16O4/c1-9-4-11-12(17-3-2-16-11)5-10(9)13(6-14)7-15-8-13/h4-5,14H,2-3,6-8H2,1H3. The van der Waals surface area contributed by atoms with Crippen LogP contribution in [0.3, 0.4) is 0 Å². The predicted octanol–water partition coefficient (Wildman–Crippen LogP) is 1.03. The van der Waals surface area contributed by atoms with E-state index in [1.165, 1.54) is 0 Å². The number of fused-ring (bicyclic) bond motifs is 1. The molecule has 0 amide bonds. The fourth-order valence-electron chi connectivity index (χ4n) is 2.44. The third-order valence-corrected chi connectivity index (χ3v) is 3.52. The van der Waals surface area contributed by atoms with Crippen LogP contribution in [0.1, 0.15) is 11.1 Å². The van der Waals surface area contributed by atoms with Crippen LogP contribution in [-0.4, -0.2) is 38.1 Å². The molecule has 3 rings (SSSR count). The molecule has 0 unspecified atom stereocenters. The second kappa shape index (κ2) is 3.89. The highest BCUT2D eigenvalue weighted by atomic mass is 16.6. The van der Waals surface area contributed by atoms with Gasteiger partial charge in [-0.2, -0.15) is 0 Å². The van der Waals surface area contributed by atoms with E-state index in [0.29, 0.717) is 26.4 Å². The second-order valence-electron chi connectivity index (χ2n) is 4.74. The molecule has 1 saturated heterocycles. The molecular formula is C13H16O4. The van der Waals surface area contributed by atoms with Gasteiger partial charge in [0.2, 0.25) is 0 Å². The Morgan fingerprint density at radius 3 is 2.35 bits per heavy atom. The third-order valence-electron chi connectivity index (χ3n) is 3.52. The summed E-state index contributed by atoms with van der Waals surface area (Å²) in [7, 11) is 0. The van der Waals surface area contributed by atoms with Crippen molar-refractivity contribution in [2.75, 3.05) is 33.0 Å². The summed E-state index contributed by atoms with van der Waals surface area (Å²) in [6.07, 6.45) is 0. The zero-order valence-corrected chi connectivity index (χ0v) is 9.86. The Morgan fingerprint density at radius 2 is 1.82 bits per heavy atom. The number of aryl methyl sites for hydroxylation is 1. The normalized spacial score (nSPS) is 20.8. The van der Waals surface area contributed by atoms with E-state index in [2.05, 4.69) is 0 Å². The van der Waals surface area contributed by atoms with Crippen molar-refractivity contribution in [3.8, 4) is 11.5 Å². The van der Waals surface area contributed by atoms with Crippen molar-refractivity contribution >= 4 is 0 Å². The maximum Gasteiger partial charge on any atom is 0.161 e. The van der Waals surface area contributed by atoms with Crippen LogP contribution < -0.4 is 9.47 Å². The molecule has 0 radical (unpaired) electrons. The third kappa shape index (κ3) is 1.59. The Hall–Kier alpha value is -1.26. The van der Waals surface area contributed by atoms with Crippen molar-refractivity contribution in [3.05, 3.63) is 23.3 Å². The van der Waals surface area contributed by atoms with Crippen LogP contribution >= 0.6 is 0 Å². The minimum atomic E-state index is -0.250. The molecule has 4 heteroatoms. The molecule has 0 spiro atoms. The first-order valence-electron chi connectivity index (χ1n) is 5.84. The molecule has 1 aromatic carbocycles. The van der Waals surface area contributed by atoms with Crippen molar-refractivity contribution < 1.29 is 19.3 Å². The SMILES string of the molecule is Cc1cc2c(cc1C1(CO)COC1)OCCO2. The summed E-state index contributed by atoms with van der Waals surface area (Å²) in [5, 5.41) is 9.57. The molecule has 0 saturated carbocycles.